The van der Waals surface area contributed by atoms with Crippen molar-refractivity contribution in [1.82, 2.24) is 10.6 Å². The zero-order valence-corrected chi connectivity index (χ0v) is 14.5. The highest BCUT2D eigenvalue weighted by atomic mass is 79.9. The van der Waals surface area contributed by atoms with Crippen molar-refractivity contribution in [2.75, 3.05) is 0 Å². The summed E-state index contributed by atoms with van der Waals surface area (Å²) in [6.07, 6.45) is 3.75. The van der Waals surface area contributed by atoms with Crippen LogP contribution in [-0.2, 0) is 11.3 Å². The third-order valence-corrected chi connectivity index (χ3v) is 4.45. The molecule has 0 aromatic heterocycles. The summed E-state index contributed by atoms with van der Waals surface area (Å²) in [6.45, 7) is -0.831. The molecular formula is C16H21BrF2N2O2. The first-order valence-corrected chi connectivity index (χ1v) is 8.47. The van der Waals surface area contributed by atoms with Gasteiger partial charge in [0, 0.05) is 35.6 Å². The van der Waals surface area contributed by atoms with Crippen LogP contribution in [0.4, 0.5) is 8.78 Å². The van der Waals surface area contributed by atoms with Gasteiger partial charge < -0.3 is 15.4 Å². The molecule has 2 rings (SSSR count). The first kappa shape index (κ1) is 18.1. The summed E-state index contributed by atoms with van der Waals surface area (Å²) in [7, 11) is 0. The number of rotatable bonds is 6. The van der Waals surface area contributed by atoms with Gasteiger partial charge >= 0.3 is 6.61 Å². The molecular weight excluding hydrogens is 370 g/mol. The van der Waals surface area contributed by atoms with Gasteiger partial charge in [-0.15, -0.1) is 0 Å². The highest BCUT2D eigenvalue weighted by Gasteiger charge is 2.21. The molecule has 0 atom stereocenters. The number of carbonyl (C=O) groups excluding carboxylic acids is 1. The SMILES string of the molecule is CC(=O)NC1CCC(NCc2cc(Br)ccc2OC(F)F)CC1. The Labute approximate surface area is 143 Å². The number of halogens is 3. The van der Waals surface area contributed by atoms with E-state index in [4.69, 9.17) is 0 Å². The smallest absolute Gasteiger partial charge is 0.387 e. The van der Waals surface area contributed by atoms with Crippen LogP contribution in [0.2, 0.25) is 0 Å². The predicted molar refractivity (Wildman–Crippen MR) is 87.5 cm³/mol. The first-order chi connectivity index (χ1) is 10.9. The third-order valence-electron chi connectivity index (χ3n) is 3.95. The lowest BCUT2D eigenvalue weighted by Crippen LogP contribution is -2.41. The van der Waals surface area contributed by atoms with Gasteiger partial charge in [-0.05, 0) is 43.9 Å². The van der Waals surface area contributed by atoms with Crippen molar-refractivity contribution in [3.8, 4) is 5.75 Å². The summed E-state index contributed by atoms with van der Waals surface area (Å²) in [5, 5.41) is 6.33. The molecule has 1 fully saturated rings. The van der Waals surface area contributed by atoms with E-state index in [1.165, 1.54) is 6.92 Å². The Hall–Kier alpha value is -1.21. The van der Waals surface area contributed by atoms with E-state index < -0.39 is 6.61 Å². The fraction of sp³-hybridized carbons (Fsp3) is 0.562. The highest BCUT2D eigenvalue weighted by Crippen LogP contribution is 2.26. The van der Waals surface area contributed by atoms with Crippen molar-refractivity contribution in [2.45, 2.75) is 57.8 Å². The minimum atomic E-state index is -2.83. The van der Waals surface area contributed by atoms with E-state index in [-0.39, 0.29) is 17.7 Å². The molecule has 0 saturated heterocycles. The zero-order chi connectivity index (χ0) is 16.8. The van der Waals surface area contributed by atoms with E-state index in [1.807, 2.05) is 0 Å². The Morgan fingerprint density at radius 2 is 1.96 bits per heavy atom. The number of benzene rings is 1. The predicted octanol–water partition coefficient (Wildman–Crippen LogP) is 3.59. The molecule has 1 aromatic rings. The topological polar surface area (TPSA) is 50.4 Å². The lowest BCUT2D eigenvalue weighted by molar-refractivity contribution is -0.119. The Morgan fingerprint density at radius 1 is 1.30 bits per heavy atom. The van der Waals surface area contributed by atoms with E-state index in [9.17, 15) is 13.6 Å². The molecule has 23 heavy (non-hydrogen) atoms. The fourth-order valence-corrected chi connectivity index (χ4v) is 3.29. The lowest BCUT2D eigenvalue weighted by atomic mass is 9.91. The van der Waals surface area contributed by atoms with Gasteiger partial charge in [0.2, 0.25) is 5.91 Å². The van der Waals surface area contributed by atoms with Crippen molar-refractivity contribution in [3.63, 3.8) is 0 Å². The van der Waals surface area contributed by atoms with Gasteiger partial charge in [-0.3, -0.25) is 4.79 Å². The van der Waals surface area contributed by atoms with E-state index in [1.54, 1.807) is 18.2 Å². The van der Waals surface area contributed by atoms with Gasteiger partial charge in [-0.1, -0.05) is 15.9 Å². The maximum absolute atomic E-state index is 12.5. The monoisotopic (exact) mass is 390 g/mol. The molecule has 128 valence electrons. The number of hydrogen-bond donors (Lipinski definition) is 2. The normalized spacial score (nSPS) is 21.3. The third kappa shape index (κ3) is 6.06. The van der Waals surface area contributed by atoms with Crippen molar-refractivity contribution >= 4 is 21.8 Å². The molecule has 1 amide bonds. The summed E-state index contributed by atoms with van der Waals surface area (Å²) in [5.74, 6) is 0.201. The Bertz CT molecular complexity index is 535. The lowest BCUT2D eigenvalue weighted by Gasteiger charge is -2.29. The van der Waals surface area contributed by atoms with Gasteiger partial charge in [0.25, 0.3) is 0 Å². The summed E-state index contributed by atoms with van der Waals surface area (Å²) in [4.78, 5) is 11.1. The molecule has 1 aromatic carbocycles. The highest BCUT2D eigenvalue weighted by molar-refractivity contribution is 9.10. The molecule has 0 bridgehead atoms. The molecule has 7 heteroatoms. The van der Waals surface area contributed by atoms with E-state index in [0.717, 1.165) is 30.2 Å². The largest absolute Gasteiger partial charge is 0.434 e. The Morgan fingerprint density at radius 3 is 2.57 bits per heavy atom. The van der Waals surface area contributed by atoms with Crippen LogP contribution in [0.3, 0.4) is 0 Å². The van der Waals surface area contributed by atoms with Crippen LogP contribution in [0.15, 0.2) is 22.7 Å². The summed E-state index contributed by atoms with van der Waals surface area (Å²) in [5.41, 5.74) is 0.698. The van der Waals surface area contributed by atoms with Crippen molar-refractivity contribution in [1.29, 1.82) is 0 Å². The van der Waals surface area contributed by atoms with Crippen molar-refractivity contribution in [2.24, 2.45) is 0 Å². The van der Waals surface area contributed by atoms with Crippen LogP contribution < -0.4 is 15.4 Å². The van der Waals surface area contributed by atoms with E-state index in [2.05, 4.69) is 31.3 Å². The molecule has 0 spiro atoms. The van der Waals surface area contributed by atoms with Gasteiger partial charge in [-0.2, -0.15) is 8.78 Å². The van der Waals surface area contributed by atoms with Gasteiger partial charge in [0.1, 0.15) is 5.75 Å². The van der Waals surface area contributed by atoms with Crippen LogP contribution in [0, 0.1) is 0 Å². The minimum Gasteiger partial charge on any atom is -0.434 e. The van der Waals surface area contributed by atoms with Crippen molar-refractivity contribution < 1.29 is 18.3 Å². The molecule has 0 aliphatic heterocycles. The maximum Gasteiger partial charge on any atom is 0.387 e. The second kappa shape index (κ2) is 8.59. The number of alkyl halides is 2. The molecule has 1 aliphatic rings. The molecule has 2 N–H and O–H groups in total. The quantitative estimate of drug-likeness (QED) is 0.780. The average Bonchev–Trinajstić information content (AvgIpc) is 2.48. The first-order valence-electron chi connectivity index (χ1n) is 7.67. The number of ether oxygens (including phenoxy) is 1. The molecule has 0 radical (unpaired) electrons. The van der Waals surface area contributed by atoms with Gasteiger partial charge in [0.15, 0.2) is 0 Å². The van der Waals surface area contributed by atoms with Gasteiger partial charge in [0.05, 0.1) is 0 Å². The maximum atomic E-state index is 12.5. The second-order valence-electron chi connectivity index (χ2n) is 5.76. The van der Waals surface area contributed by atoms with Crippen molar-refractivity contribution in [3.05, 3.63) is 28.2 Å². The number of carbonyl (C=O) groups is 1. The van der Waals surface area contributed by atoms with E-state index in [0.29, 0.717) is 18.2 Å². The van der Waals surface area contributed by atoms with Crippen LogP contribution in [0.1, 0.15) is 38.2 Å². The van der Waals surface area contributed by atoms with Crippen LogP contribution in [0.5, 0.6) is 5.75 Å². The van der Waals surface area contributed by atoms with Crippen LogP contribution in [-0.4, -0.2) is 24.6 Å². The van der Waals surface area contributed by atoms with Gasteiger partial charge in [-0.25, -0.2) is 0 Å². The number of nitrogens with one attached hydrogen (secondary N) is 2. The zero-order valence-electron chi connectivity index (χ0n) is 13.0. The summed E-state index contributed by atoms with van der Waals surface area (Å²) < 4.78 is 30.3. The van der Waals surface area contributed by atoms with Crippen LogP contribution in [0.25, 0.3) is 0 Å². The Kier molecular flexibility index (Phi) is 6.77. The Balaban J connectivity index is 1.86. The fourth-order valence-electron chi connectivity index (χ4n) is 2.88. The second-order valence-corrected chi connectivity index (χ2v) is 6.68. The molecule has 0 unspecified atom stereocenters. The summed E-state index contributed by atoms with van der Waals surface area (Å²) >= 11 is 3.35. The molecule has 4 nitrogen and oxygen atoms in total. The molecule has 1 aliphatic carbocycles. The average molecular weight is 391 g/mol. The molecule has 0 heterocycles. The number of amides is 1. The minimum absolute atomic E-state index is 0.00401. The summed E-state index contributed by atoms with van der Waals surface area (Å²) in [6, 6.07) is 5.57. The van der Waals surface area contributed by atoms with Crippen LogP contribution >= 0.6 is 15.9 Å². The molecule has 1 saturated carbocycles. The van der Waals surface area contributed by atoms with E-state index >= 15 is 0 Å². The standard InChI is InChI=1S/C16H21BrF2N2O2/c1-10(22)21-14-5-3-13(4-6-14)20-9-11-8-12(17)2-7-15(11)23-16(18)19/h2,7-8,13-14,16,20H,3-6,9H2,1H3,(H,21,22). The number of hydrogen-bond acceptors (Lipinski definition) is 3.